The Balaban J connectivity index is 1.37. The van der Waals surface area contributed by atoms with Crippen LogP contribution >= 0.6 is 0 Å². The molecule has 0 bridgehead atoms. The summed E-state index contributed by atoms with van der Waals surface area (Å²) in [6, 6.07) is 0. The molecule has 0 spiro atoms. The Bertz CT molecular complexity index is 1110. The monoisotopic (exact) mass is 717 g/mol. The molecule has 294 valence electrons. The number of rotatable bonds is 27. The minimum atomic E-state index is 0.166. The van der Waals surface area contributed by atoms with E-state index < -0.39 is 0 Å². The molecule has 0 aromatic carbocycles. The van der Waals surface area contributed by atoms with Crippen LogP contribution in [0.2, 0.25) is 0 Å². The third kappa shape index (κ3) is 23.1. The van der Waals surface area contributed by atoms with Crippen LogP contribution in [0.15, 0.2) is 69.9 Å². The van der Waals surface area contributed by atoms with E-state index in [9.17, 15) is 9.59 Å². The summed E-state index contributed by atoms with van der Waals surface area (Å²) in [6.45, 7) is 14.8. The van der Waals surface area contributed by atoms with Crippen LogP contribution in [0, 0.1) is 11.8 Å². The first kappa shape index (κ1) is 45.5. The van der Waals surface area contributed by atoms with Gasteiger partial charge in [0.05, 0.1) is 0 Å². The lowest BCUT2D eigenvalue weighted by atomic mass is 9.87. The van der Waals surface area contributed by atoms with Crippen molar-refractivity contribution < 1.29 is 9.59 Å². The van der Waals surface area contributed by atoms with E-state index in [1.54, 1.807) is 11.1 Å². The number of hydrogen-bond acceptors (Lipinski definition) is 2. The first-order valence-electron chi connectivity index (χ1n) is 21.6. The van der Waals surface area contributed by atoms with Crippen molar-refractivity contribution in [3.63, 3.8) is 0 Å². The second-order valence-electron chi connectivity index (χ2n) is 16.6. The summed E-state index contributed by atoms with van der Waals surface area (Å²) < 4.78 is 0. The summed E-state index contributed by atoms with van der Waals surface area (Å²) in [7, 11) is 0. The Kier molecular flexibility index (Phi) is 25.2. The number of allylic oxidation sites excluding steroid dienone is 12. The Labute approximate surface area is 321 Å². The first-order valence-corrected chi connectivity index (χ1v) is 21.6. The molecule has 0 aliphatic heterocycles. The van der Waals surface area contributed by atoms with Crippen LogP contribution in [-0.4, -0.2) is 24.9 Å². The van der Waals surface area contributed by atoms with Crippen molar-refractivity contribution in [2.24, 2.45) is 11.8 Å². The molecule has 0 heterocycles. The molecule has 0 fully saturated rings. The summed E-state index contributed by atoms with van der Waals surface area (Å²) in [5.41, 5.74) is 8.87. The third-order valence-corrected chi connectivity index (χ3v) is 11.1. The predicted molar refractivity (Wildman–Crippen MR) is 226 cm³/mol. The zero-order chi connectivity index (χ0) is 37.8. The fraction of sp³-hybridized carbons (Fsp3) is 0.708. The van der Waals surface area contributed by atoms with Gasteiger partial charge in [0.1, 0.15) is 0 Å². The highest BCUT2D eigenvalue weighted by molar-refractivity contribution is 5.79. The molecule has 2 aliphatic rings. The lowest BCUT2D eigenvalue weighted by Crippen LogP contribution is -2.32. The number of amides is 2. The maximum Gasteiger partial charge on any atom is 0.223 e. The lowest BCUT2D eigenvalue weighted by Gasteiger charge is -2.21. The number of unbranched alkanes of at least 4 members (excludes halogenated alkanes) is 9. The molecule has 4 heteroatoms. The van der Waals surface area contributed by atoms with Crippen molar-refractivity contribution in [2.75, 3.05) is 13.1 Å². The number of carbonyl (C=O) groups excluding carboxylic acids is 2. The van der Waals surface area contributed by atoms with Crippen LogP contribution in [-0.2, 0) is 9.59 Å². The average molecular weight is 717 g/mol. The predicted octanol–water partition coefficient (Wildman–Crippen LogP) is 13.5. The summed E-state index contributed by atoms with van der Waals surface area (Å²) in [5.74, 6) is 0.861. The standard InChI is InChI=1S/C48H80N2O2/c1-39(2)21-17-23-41(5)25-19-27-43-29-33-45(34-30-43)47(51)49-37-15-13-11-9-7-8-10-12-14-16-38-50-48(52)46-35-31-44(32-36-46)28-20-26-42(6)24-18-22-40(3)4/h21-22,25-26,29,31,45-46H,7-20,23-24,27-28,30,32-38H2,1-6H3,(H,49,51)(H,50,52)/b41-25+,42-26+. The van der Waals surface area contributed by atoms with Crippen LogP contribution in [0.5, 0.6) is 0 Å². The largest absolute Gasteiger partial charge is 0.356 e. The van der Waals surface area contributed by atoms with E-state index in [4.69, 9.17) is 0 Å². The van der Waals surface area contributed by atoms with E-state index in [0.29, 0.717) is 0 Å². The van der Waals surface area contributed by atoms with Crippen LogP contribution < -0.4 is 10.6 Å². The van der Waals surface area contributed by atoms with Crippen molar-refractivity contribution in [3.05, 3.63) is 69.9 Å². The fourth-order valence-corrected chi connectivity index (χ4v) is 7.47. The molecule has 2 atom stereocenters. The molecular formula is C48H80N2O2. The quantitative estimate of drug-likeness (QED) is 0.0657. The third-order valence-electron chi connectivity index (χ3n) is 11.1. The molecule has 0 aromatic rings. The maximum atomic E-state index is 12.7. The van der Waals surface area contributed by atoms with Gasteiger partial charge >= 0.3 is 0 Å². The van der Waals surface area contributed by atoms with E-state index in [1.165, 1.54) is 73.7 Å². The molecule has 52 heavy (non-hydrogen) atoms. The van der Waals surface area contributed by atoms with Gasteiger partial charge in [-0.15, -0.1) is 0 Å². The van der Waals surface area contributed by atoms with Crippen LogP contribution in [0.4, 0.5) is 0 Å². The molecule has 2 aliphatic carbocycles. The Morgan fingerprint density at radius 3 is 1.23 bits per heavy atom. The van der Waals surface area contributed by atoms with Crippen molar-refractivity contribution in [1.82, 2.24) is 10.6 Å². The van der Waals surface area contributed by atoms with Gasteiger partial charge in [-0.2, -0.15) is 0 Å². The van der Waals surface area contributed by atoms with E-state index in [-0.39, 0.29) is 23.7 Å². The normalized spacial score (nSPS) is 18.0. The molecule has 2 rings (SSSR count). The minimum absolute atomic E-state index is 0.166. The summed E-state index contributed by atoms with van der Waals surface area (Å²) in [5, 5.41) is 6.44. The molecule has 4 nitrogen and oxygen atoms in total. The highest BCUT2D eigenvalue weighted by Gasteiger charge is 2.22. The number of hydrogen-bond donors (Lipinski definition) is 2. The van der Waals surface area contributed by atoms with Crippen molar-refractivity contribution in [3.8, 4) is 0 Å². The second-order valence-corrected chi connectivity index (χ2v) is 16.6. The van der Waals surface area contributed by atoms with Gasteiger partial charge in [-0.25, -0.2) is 0 Å². The number of nitrogens with one attached hydrogen (secondary N) is 2. The summed E-state index contributed by atoms with van der Waals surface area (Å²) >= 11 is 0. The Morgan fingerprint density at radius 1 is 0.538 bits per heavy atom. The van der Waals surface area contributed by atoms with Crippen LogP contribution in [0.3, 0.4) is 0 Å². The van der Waals surface area contributed by atoms with Gasteiger partial charge in [0.2, 0.25) is 11.8 Å². The maximum absolute atomic E-state index is 12.7. The zero-order valence-electron chi connectivity index (χ0n) is 34.8. The first-order chi connectivity index (χ1) is 25.1. The van der Waals surface area contributed by atoms with Crippen LogP contribution in [0.1, 0.15) is 196 Å². The Morgan fingerprint density at radius 2 is 0.904 bits per heavy atom. The molecule has 0 saturated heterocycles. The molecule has 0 aromatic heterocycles. The summed E-state index contributed by atoms with van der Waals surface area (Å²) in [4.78, 5) is 25.3. The average Bonchev–Trinajstić information content (AvgIpc) is 3.11. The van der Waals surface area contributed by atoms with Gasteiger partial charge in [0, 0.05) is 24.9 Å². The van der Waals surface area contributed by atoms with Gasteiger partial charge in [-0.05, 0) is 144 Å². The lowest BCUT2D eigenvalue weighted by molar-refractivity contribution is -0.126. The highest BCUT2D eigenvalue weighted by Crippen LogP contribution is 2.28. The summed E-state index contributed by atoms with van der Waals surface area (Å²) in [6.07, 6.45) is 41.7. The Hall–Kier alpha value is -2.62. The SMILES string of the molecule is CC(C)=CCC/C(C)=C/CCC1=CCC(C(=O)NCCCCCCCCCCCCNC(=O)C2CC=C(CC/C=C(\C)CCC=C(C)C)CC2)CC1. The van der Waals surface area contributed by atoms with Gasteiger partial charge in [0.15, 0.2) is 0 Å². The highest BCUT2D eigenvalue weighted by atomic mass is 16.2. The molecule has 2 amide bonds. The van der Waals surface area contributed by atoms with E-state index >= 15 is 0 Å². The van der Waals surface area contributed by atoms with Gasteiger partial charge in [0.25, 0.3) is 0 Å². The molecule has 2 unspecified atom stereocenters. The van der Waals surface area contributed by atoms with E-state index in [2.05, 4.69) is 88.6 Å². The number of carbonyl (C=O) groups is 2. The van der Waals surface area contributed by atoms with Crippen molar-refractivity contribution in [1.29, 1.82) is 0 Å². The smallest absolute Gasteiger partial charge is 0.223 e. The fourth-order valence-electron chi connectivity index (χ4n) is 7.47. The van der Waals surface area contributed by atoms with Gasteiger partial charge < -0.3 is 10.6 Å². The molecular weight excluding hydrogens is 637 g/mol. The topological polar surface area (TPSA) is 58.2 Å². The molecule has 0 radical (unpaired) electrons. The van der Waals surface area contributed by atoms with Gasteiger partial charge in [-0.3, -0.25) is 9.59 Å². The van der Waals surface area contributed by atoms with Gasteiger partial charge in [-0.1, -0.05) is 121 Å². The van der Waals surface area contributed by atoms with Crippen LogP contribution in [0.25, 0.3) is 0 Å². The van der Waals surface area contributed by atoms with Crippen molar-refractivity contribution >= 4 is 11.8 Å². The van der Waals surface area contributed by atoms with Crippen molar-refractivity contribution in [2.45, 2.75) is 196 Å². The van der Waals surface area contributed by atoms with E-state index in [0.717, 1.165) is 116 Å². The molecule has 2 N–H and O–H groups in total. The minimum Gasteiger partial charge on any atom is -0.356 e. The molecule has 0 saturated carbocycles. The zero-order valence-corrected chi connectivity index (χ0v) is 34.8. The second kappa shape index (κ2) is 28.8. The van der Waals surface area contributed by atoms with E-state index in [1.807, 2.05) is 0 Å².